The number of nitrogens with zero attached hydrogens (tertiary/aromatic N) is 1. The molecule has 0 amide bonds. The summed E-state index contributed by atoms with van der Waals surface area (Å²) in [6.07, 6.45) is 4.00. The highest BCUT2D eigenvalue weighted by Crippen LogP contribution is 2.16. The molecular weight excluding hydrogens is 323 g/mol. The number of aromatic nitrogens is 1. The van der Waals surface area contributed by atoms with Gasteiger partial charge in [0, 0.05) is 49.2 Å². The van der Waals surface area contributed by atoms with E-state index in [1.807, 2.05) is 29.1 Å². The van der Waals surface area contributed by atoms with E-state index in [-0.39, 0.29) is 5.82 Å². The van der Waals surface area contributed by atoms with Crippen molar-refractivity contribution in [2.75, 3.05) is 20.3 Å². The van der Waals surface area contributed by atoms with Crippen LogP contribution in [0.4, 0.5) is 4.39 Å². The SMILES string of the molecule is COCCNCc1ccn(Cc2ccc(Br)cc2F)c1. The second-order valence-electron chi connectivity index (χ2n) is 4.60. The number of methoxy groups -OCH3 is 1. The Hall–Kier alpha value is -1.17. The normalized spacial score (nSPS) is 10.9. The Balaban J connectivity index is 1.92. The number of hydrogen-bond donors (Lipinski definition) is 1. The predicted octanol–water partition coefficient (Wildman–Crippen LogP) is 3.17. The van der Waals surface area contributed by atoms with Crippen LogP contribution in [0.15, 0.2) is 41.1 Å². The fourth-order valence-corrected chi connectivity index (χ4v) is 2.28. The minimum atomic E-state index is -0.187. The summed E-state index contributed by atoms with van der Waals surface area (Å²) in [5.74, 6) is -0.187. The zero-order valence-electron chi connectivity index (χ0n) is 11.4. The van der Waals surface area contributed by atoms with E-state index in [2.05, 4.69) is 21.2 Å². The van der Waals surface area contributed by atoms with Gasteiger partial charge in [-0.05, 0) is 23.8 Å². The Morgan fingerprint density at radius 3 is 2.95 bits per heavy atom. The number of ether oxygens (including phenoxy) is 1. The lowest BCUT2D eigenvalue weighted by Gasteiger charge is -2.05. The first kappa shape index (κ1) is 15.2. The summed E-state index contributed by atoms with van der Waals surface area (Å²) in [4.78, 5) is 0. The number of halogens is 2. The molecule has 2 rings (SSSR count). The monoisotopic (exact) mass is 340 g/mol. The first-order valence-corrected chi connectivity index (χ1v) is 7.26. The highest BCUT2D eigenvalue weighted by atomic mass is 79.9. The van der Waals surface area contributed by atoms with Crippen molar-refractivity contribution in [2.24, 2.45) is 0 Å². The van der Waals surface area contributed by atoms with E-state index < -0.39 is 0 Å². The molecule has 1 aromatic carbocycles. The van der Waals surface area contributed by atoms with Crippen LogP contribution in [0.3, 0.4) is 0 Å². The summed E-state index contributed by atoms with van der Waals surface area (Å²) in [7, 11) is 1.69. The first-order valence-electron chi connectivity index (χ1n) is 6.47. The van der Waals surface area contributed by atoms with Gasteiger partial charge < -0.3 is 14.6 Å². The zero-order valence-corrected chi connectivity index (χ0v) is 13.0. The van der Waals surface area contributed by atoms with Gasteiger partial charge in [0.1, 0.15) is 5.82 Å². The summed E-state index contributed by atoms with van der Waals surface area (Å²) >= 11 is 3.26. The largest absolute Gasteiger partial charge is 0.383 e. The molecule has 0 saturated carbocycles. The molecule has 0 aliphatic carbocycles. The van der Waals surface area contributed by atoms with Crippen LogP contribution >= 0.6 is 15.9 Å². The van der Waals surface area contributed by atoms with Gasteiger partial charge in [-0.25, -0.2) is 4.39 Å². The molecule has 0 atom stereocenters. The first-order chi connectivity index (χ1) is 9.69. The fraction of sp³-hybridized carbons (Fsp3) is 0.333. The molecule has 0 spiro atoms. The Morgan fingerprint density at radius 2 is 2.20 bits per heavy atom. The van der Waals surface area contributed by atoms with E-state index in [0.29, 0.717) is 18.7 Å². The maximum absolute atomic E-state index is 13.8. The van der Waals surface area contributed by atoms with Crippen molar-refractivity contribution < 1.29 is 9.13 Å². The van der Waals surface area contributed by atoms with Gasteiger partial charge in [0.05, 0.1) is 6.61 Å². The van der Waals surface area contributed by atoms with Crippen LogP contribution in [-0.2, 0) is 17.8 Å². The molecule has 0 aliphatic rings. The van der Waals surface area contributed by atoms with Gasteiger partial charge in [-0.15, -0.1) is 0 Å². The molecule has 0 saturated heterocycles. The maximum atomic E-state index is 13.8. The summed E-state index contributed by atoms with van der Waals surface area (Å²) in [6, 6.07) is 7.19. The molecule has 20 heavy (non-hydrogen) atoms. The summed E-state index contributed by atoms with van der Waals surface area (Å²) in [5.41, 5.74) is 1.86. The highest BCUT2D eigenvalue weighted by molar-refractivity contribution is 9.10. The Kier molecular flexibility index (Phi) is 5.76. The Morgan fingerprint density at radius 1 is 1.35 bits per heavy atom. The van der Waals surface area contributed by atoms with Gasteiger partial charge in [-0.2, -0.15) is 0 Å². The number of benzene rings is 1. The molecule has 1 heterocycles. The average Bonchev–Trinajstić information content (AvgIpc) is 2.86. The molecule has 3 nitrogen and oxygen atoms in total. The summed E-state index contributed by atoms with van der Waals surface area (Å²) in [6.45, 7) is 2.85. The lowest BCUT2D eigenvalue weighted by molar-refractivity contribution is 0.199. The summed E-state index contributed by atoms with van der Waals surface area (Å²) in [5, 5.41) is 3.28. The second kappa shape index (κ2) is 7.57. The van der Waals surface area contributed by atoms with E-state index >= 15 is 0 Å². The molecule has 1 N–H and O–H groups in total. The molecule has 0 radical (unpaired) electrons. The van der Waals surface area contributed by atoms with E-state index in [4.69, 9.17) is 4.74 Å². The molecule has 2 aromatic rings. The van der Waals surface area contributed by atoms with Crippen LogP contribution in [-0.4, -0.2) is 24.8 Å². The third-order valence-electron chi connectivity index (χ3n) is 2.99. The lowest BCUT2D eigenvalue weighted by atomic mass is 10.2. The van der Waals surface area contributed by atoms with E-state index in [1.165, 1.54) is 11.6 Å². The van der Waals surface area contributed by atoms with Crippen LogP contribution in [0.25, 0.3) is 0 Å². The van der Waals surface area contributed by atoms with Gasteiger partial charge in [-0.3, -0.25) is 0 Å². The highest BCUT2D eigenvalue weighted by Gasteiger charge is 2.04. The number of hydrogen-bond acceptors (Lipinski definition) is 2. The van der Waals surface area contributed by atoms with Crippen molar-refractivity contribution >= 4 is 15.9 Å². The Labute approximate surface area is 126 Å². The minimum absolute atomic E-state index is 0.187. The van der Waals surface area contributed by atoms with E-state index in [0.717, 1.165) is 17.6 Å². The van der Waals surface area contributed by atoms with Crippen LogP contribution in [0.1, 0.15) is 11.1 Å². The van der Waals surface area contributed by atoms with Crippen molar-refractivity contribution in [3.63, 3.8) is 0 Å². The molecule has 108 valence electrons. The zero-order chi connectivity index (χ0) is 14.4. The van der Waals surface area contributed by atoms with Crippen LogP contribution < -0.4 is 5.32 Å². The molecule has 0 fully saturated rings. The third kappa shape index (κ3) is 4.44. The lowest BCUT2D eigenvalue weighted by Crippen LogP contribution is -2.18. The smallest absolute Gasteiger partial charge is 0.129 e. The number of nitrogens with one attached hydrogen (secondary N) is 1. The van der Waals surface area contributed by atoms with Crippen LogP contribution in [0, 0.1) is 5.82 Å². The molecule has 0 aliphatic heterocycles. The average molecular weight is 341 g/mol. The number of rotatable bonds is 7. The molecule has 0 unspecified atom stereocenters. The molecule has 5 heteroatoms. The predicted molar refractivity (Wildman–Crippen MR) is 81.2 cm³/mol. The molecule has 1 aromatic heterocycles. The van der Waals surface area contributed by atoms with E-state index in [1.54, 1.807) is 13.2 Å². The summed E-state index contributed by atoms with van der Waals surface area (Å²) < 4.78 is 21.5. The van der Waals surface area contributed by atoms with Crippen molar-refractivity contribution in [2.45, 2.75) is 13.1 Å². The van der Waals surface area contributed by atoms with Crippen molar-refractivity contribution in [1.82, 2.24) is 9.88 Å². The van der Waals surface area contributed by atoms with Crippen LogP contribution in [0.2, 0.25) is 0 Å². The van der Waals surface area contributed by atoms with Gasteiger partial charge in [-0.1, -0.05) is 22.0 Å². The Bertz CT molecular complexity index is 557. The molecule has 0 bridgehead atoms. The van der Waals surface area contributed by atoms with Gasteiger partial charge in [0.15, 0.2) is 0 Å². The van der Waals surface area contributed by atoms with Gasteiger partial charge >= 0.3 is 0 Å². The van der Waals surface area contributed by atoms with Crippen molar-refractivity contribution in [1.29, 1.82) is 0 Å². The van der Waals surface area contributed by atoms with E-state index in [9.17, 15) is 4.39 Å². The maximum Gasteiger partial charge on any atom is 0.129 e. The topological polar surface area (TPSA) is 26.2 Å². The minimum Gasteiger partial charge on any atom is -0.383 e. The van der Waals surface area contributed by atoms with Crippen molar-refractivity contribution in [3.05, 3.63) is 58.1 Å². The van der Waals surface area contributed by atoms with Gasteiger partial charge in [0.25, 0.3) is 0 Å². The standard InChI is InChI=1S/C15H18BrFN2O/c1-20-7-5-18-9-12-4-6-19(10-12)11-13-2-3-14(16)8-15(13)17/h2-4,6,8,10,18H,5,7,9,11H2,1H3. The van der Waals surface area contributed by atoms with Crippen molar-refractivity contribution in [3.8, 4) is 0 Å². The molecular formula is C15H18BrFN2O. The van der Waals surface area contributed by atoms with Gasteiger partial charge in [0.2, 0.25) is 0 Å². The quantitative estimate of drug-likeness (QED) is 0.783. The second-order valence-corrected chi connectivity index (χ2v) is 5.51. The third-order valence-corrected chi connectivity index (χ3v) is 3.49. The fourth-order valence-electron chi connectivity index (χ4n) is 1.95. The van der Waals surface area contributed by atoms with Crippen LogP contribution in [0.5, 0.6) is 0 Å².